The first-order chi connectivity index (χ1) is 7.02. The molecule has 80 valence electrons. The zero-order valence-corrected chi connectivity index (χ0v) is 8.17. The maximum atomic E-state index is 12.0. The molecule has 1 rings (SSSR count). The molecule has 1 aromatic carbocycles. The molecule has 0 N–H and O–H groups in total. The molecule has 0 saturated carbocycles. The summed E-state index contributed by atoms with van der Waals surface area (Å²) in [5.74, 6) is -0.522. The van der Waals surface area contributed by atoms with E-state index in [9.17, 15) is 13.6 Å². The van der Waals surface area contributed by atoms with Gasteiger partial charge in [0, 0.05) is 0 Å². The van der Waals surface area contributed by atoms with Gasteiger partial charge in [0.25, 0.3) is 0 Å². The van der Waals surface area contributed by atoms with Gasteiger partial charge in [-0.25, -0.2) is 0 Å². The summed E-state index contributed by atoms with van der Waals surface area (Å²) in [6.07, 6.45) is 0. The molecule has 0 spiro atoms. The van der Waals surface area contributed by atoms with Crippen molar-refractivity contribution in [2.24, 2.45) is 0 Å². The van der Waals surface area contributed by atoms with E-state index < -0.39 is 12.4 Å². The summed E-state index contributed by atoms with van der Waals surface area (Å²) in [5, 5.41) is 0. The van der Waals surface area contributed by atoms with Crippen molar-refractivity contribution in [2.45, 2.75) is 13.5 Å². The van der Waals surface area contributed by atoms with Crippen molar-refractivity contribution in [3.63, 3.8) is 0 Å². The fraction of sp³-hybridized carbons (Fsp3) is 0.182. The van der Waals surface area contributed by atoms with Gasteiger partial charge in [-0.1, -0.05) is 18.7 Å². The fourth-order valence-electron chi connectivity index (χ4n) is 1.08. The van der Waals surface area contributed by atoms with Gasteiger partial charge in [0.2, 0.25) is 0 Å². The number of allylic oxidation sites excluding steroid dienone is 1. The third-order valence-corrected chi connectivity index (χ3v) is 1.74. The van der Waals surface area contributed by atoms with Crippen LogP contribution in [-0.4, -0.2) is 12.4 Å². The lowest BCUT2D eigenvalue weighted by molar-refractivity contribution is -0.0501. The summed E-state index contributed by atoms with van der Waals surface area (Å²) in [4.78, 5) is 11.5. The van der Waals surface area contributed by atoms with Crippen LogP contribution in [0.25, 0.3) is 0 Å². The normalized spacial score (nSPS) is 10.1. The van der Waals surface area contributed by atoms with E-state index in [0.717, 1.165) is 0 Å². The Morgan fingerprint density at radius 3 is 2.53 bits per heavy atom. The smallest absolute Gasteiger partial charge is 0.387 e. The minimum absolute atomic E-state index is 0.102. The first-order valence-electron chi connectivity index (χ1n) is 4.26. The monoisotopic (exact) mass is 212 g/mol. The zero-order chi connectivity index (χ0) is 11.4. The predicted molar refractivity (Wildman–Crippen MR) is 52.2 cm³/mol. The van der Waals surface area contributed by atoms with Crippen LogP contribution in [0.1, 0.15) is 17.3 Å². The Kier molecular flexibility index (Phi) is 3.55. The van der Waals surface area contributed by atoms with E-state index in [2.05, 4.69) is 11.3 Å². The number of benzene rings is 1. The number of carbonyl (C=O) groups is 1. The number of rotatable bonds is 4. The van der Waals surface area contributed by atoms with Gasteiger partial charge in [-0.15, -0.1) is 0 Å². The van der Waals surface area contributed by atoms with Crippen molar-refractivity contribution >= 4 is 5.78 Å². The van der Waals surface area contributed by atoms with Crippen molar-refractivity contribution in [3.8, 4) is 5.75 Å². The van der Waals surface area contributed by atoms with Gasteiger partial charge in [0.05, 0.1) is 5.56 Å². The summed E-state index contributed by atoms with van der Waals surface area (Å²) < 4.78 is 28.2. The van der Waals surface area contributed by atoms with Crippen molar-refractivity contribution in [2.75, 3.05) is 0 Å². The lowest BCUT2D eigenvalue weighted by atomic mass is 10.1. The van der Waals surface area contributed by atoms with E-state index in [0.29, 0.717) is 0 Å². The SMILES string of the molecule is C=C(C)C(=O)c1ccccc1OC(F)F. The number of hydrogen-bond donors (Lipinski definition) is 0. The van der Waals surface area contributed by atoms with Crippen LogP contribution in [-0.2, 0) is 0 Å². The molecule has 2 nitrogen and oxygen atoms in total. The average molecular weight is 212 g/mol. The van der Waals surface area contributed by atoms with Gasteiger partial charge in [-0.3, -0.25) is 4.79 Å². The molecule has 4 heteroatoms. The number of carbonyl (C=O) groups excluding carboxylic acids is 1. The van der Waals surface area contributed by atoms with E-state index in [1.165, 1.54) is 25.1 Å². The van der Waals surface area contributed by atoms with E-state index in [4.69, 9.17) is 0 Å². The Balaban J connectivity index is 3.06. The standard InChI is InChI=1S/C11H10F2O2/c1-7(2)10(14)8-5-3-4-6-9(8)15-11(12)13/h3-6,11H,1H2,2H3. The molecule has 0 bridgehead atoms. The van der Waals surface area contributed by atoms with Crippen LogP contribution in [0.5, 0.6) is 5.75 Å². The molecule has 0 saturated heterocycles. The van der Waals surface area contributed by atoms with Crippen molar-refractivity contribution in [1.29, 1.82) is 0 Å². The quantitative estimate of drug-likeness (QED) is 0.566. The number of ether oxygens (including phenoxy) is 1. The van der Waals surface area contributed by atoms with Crippen LogP contribution in [0.15, 0.2) is 36.4 Å². The van der Waals surface area contributed by atoms with E-state index in [1.807, 2.05) is 0 Å². The Morgan fingerprint density at radius 1 is 1.40 bits per heavy atom. The van der Waals surface area contributed by atoms with Crippen molar-refractivity contribution in [3.05, 3.63) is 42.0 Å². The molecule has 0 aliphatic carbocycles. The van der Waals surface area contributed by atoms with Crippen molar-refractivity contribution in [1.82, 2.24) is 0 Å². The van der Waals surface area contributed by atoms with E-state index in [1.54, 1.807) is 6.07 Å². The molecule has 0 heterocycles. The summed E-state index contributed by atoms with van der Waals surface area (Å²) in [6, 6.07) is 5.85. The molecular formula is C11H10F2O2. The van der Waals surface area contributed by atoms with Crippen LogP contribution >= 0.6 is 0 Å². The first-order valence-corrected chi connectivity index (χ1v) is 4.26. The van der Waals surface area contributed by atoms with E-state index in [-0.39, 0.29) is 16.9 Å². The van der Waals surface area contributed by atoms with Gasteiger partial charge in [-0.2, -0.15) is 8.78 Å². The molecule has 0 unspecified atom stereocenters. The van der Waals surface area contributed by atoms with Gasteiger partial charge in [0.1, 0.15) is 5.75 Å². The minimum Gasteiger partial charge on any atom is -0.434 e. The molecular weight excluding hydrogens is 202 g/mol. The van der Waals surface area contributed by atoms with Gasteiger partial charge in [-0.05, 0) is 24.6 Å². The van der Waals surface area contributed by atoms with E-state index >= 15 is 0 Å². The van der Waals surface area contributed by atoms with Gasteiger partial charge < -0.3 is 4.74 Å². The molecule has 15 heavy (non-hydrogen) atoms. The largest absolute Gasteiger partial charge is 0.434 e. The second-order valence-electron chi connectivity index (χ2n) is 2.98. The molecule has 1 aromatic rings. The van der Waals surface area contributed by atoms with Crippen LogP contribution in [0.3, 0.4) is 0 Å². The number of halogens is 2. The Hall–Kier alpha value is -1.71. The number of ketones is 1. The van der Waals surface area contributed by atoms with Crippen LogP contribution in [0.2, 0.25) is 0 Å². The topological polar surface area (TPSA) is 26.3 Å². The highest BCUT2D eigenvalue weighted by Crippen LogP contribution is 2.22. The highest BCUT2D eigenvalue weighted by atomic mass is 19.3. The highest BCUT2D eigenvalue weighted by Gasteiger charge is 2.15. The maximum absolute atomic E-state index is 12.0. The molecule has 0 aromatic heterocycles. The Bertz CT molecular complexity index is 386. The lowest BCUT2D eigenvalue weighted by Gasteiger charge is -2.09. The second kappa shape index (κ2) is 4.68. The molecule has 0 fully saturated rings. The average Bonchev–Trinajstić information content (AvgIpc) is 2.16. The van der Waals surface area contributed by atoms with Crippen LogP contribution < -0.4 is 4.74 Å². The Morgan fingerprint density at radius 2 is 2.00 bits per heavy atom. The summed E-state index contributed by atoms with van der Waals surface area (Å²) in [7, 11) is 0. The third-order valence-electron chi connectivity index (χ3n) is 1.74. The summed E-state index contributed by atoms with van der Waals surface area (Å²) in [5.41, 5.74) is 0.380. The minimum atomic E-state index is -2.94. The van der Waals surface area contributed by atoms with Crippen molar-refractivity contribution < 1.29 is 18.3 Å². The summed E-state index contributed by atoms with van der Waals surface area (Å²) in [6.45, 7) is 2.03. The number of Topliss-reactive ketones (excluding diaryl/α,β-unsaturated/α-hetero) is 1. The fourth-order valence-corrected chi connectivity index (χ4v) is 1.08. The predicted octanol–water partition coefficient (Wildman–Crippen LogP) is 3.05. The molecule has 0 aliphatic heterocycles. The maximum Gasteiger partial charge on any atom is 0.387 e. The molecule has 0 radical (unpaired) electrons. The highest BCUT2D eigenvalue weighted by molar-refractivity contribution is 6.09. The Labute approximate surface area is 86.2 Å². The number of para-hydroxylation sites is 1. The molecule has 0 aliphatic rings. The summed E-state index contributed by atoms with van der Waals surface area (Å²) >= 11 is 0. The van der Waals surface area contributed by atoms with Crippen LogP contribution in [0, 0.1) is 0 Å². The molecule has 0 atom stereocenters. The first kappa shape index (κ1) is 11.4. The number of alkyl halides is 2. The third kappa shape index (κ3) is 2.87. The van der Waals surface area contributed by atoms with Gasteiger partial charge >= 0.3 is 6.61 Å². The zero-order valence-electron chi connectivity index (χ0n) is 8.17. The lowest BCUT2D eigenvalue weighted by Crippen LogP contribution is -2.08. The number of hydrogen-bond acceptors (Lipinski definition) is 2. The molecule has 0 amide bonds. The second-order valence-corrected chi connectivity index (χ2v) is 2.98. The van der Waals surface area contributed by atoms with Crippen LogP contribution in [0.4, 0.5) is 8.78 Å². The van der Waals surface area contributed by atoms with Gasteiger partial charge in [0.15, 0.2) is 5.78 Å².